The lowest BCUT2D eigenvalue weighted by molar-refractivity contribution is -0.123. The number of nitrogens with zero attached hydrogens (tertiary/aromatic N) is 1. The summed E-state index contributed by atoms with van der Waals surface area (Å²) in [6, 6.07) is 6.39. The number of nitrogens with one attached hydrogen (secondary N) is 2. The maximum atomic E-state index is 12.8. The first-order valence-corrected chi connectivity index (χ1v) is 9.44. The summed E-state index contributed by atoms with van der Waals surface area (Å²) < 4.78 is 5.02. The number of amides is 2. The number of hydrogen-bond acceptors (Lipinski definition) is 3. The van der Waals surface area contributed by atoms with E-state index in [1.807, 2.05) is 0 Å². The molecule has 1 aromatic carbocycles. The molecule has 1 saturated heterocycles. The van der Waals surface area contributed by atoms with Gasteiger partial charge in [-0.2, -0.15) is 0 Å². The summed E-state index contributed by atoms with van der Waals surface area (Å²) in [7, 11) is 0. The fourth-order valence-corrected chi connectivity index (χ4v) is 4.08. The van der Waals surface area contributed by atoms with Crippen LogP contribution in [0.15, 0.2) is 18.2 Å². The van der Waals surface area contributed by atoms with Gasteiger partial charge in [-0.25, -0.2) is 4.79 Å². The highest BCUT2D eigenvalue weighted by molar-refractivity contribution is 5.90. The number of fused-ring (bicyclic) bond motifs is 3. The highest BCUT2D eigenvalue weighted by Crippen LogP contribution is 2.36. The van der Waals surface area contributed by atoms with Crippen LogP contribution in [0.3, 0.4) is 0 Å². The number of aryl methyl sites for hydroxylation is 2. The molecule has 6 nitrogen and oxygen atoms in total. The number of carbonyl (C=O) groups excluding carboxylic acids is 2. The Kier molecular flexibility index (Phi) is 4.57. The zero-order valence-electron chi connectivity index (χ0n) is 15.1. The number of carbonyl (C=O) groups is 2. The Bertz CT molecular complexity index is 842. The first kappa shape index (κ1) is 16.9. The second-order valence-corrected chi connectivity index (χ2v) is 7.26. The van der Waals surface area contributed by atoms with Crippen LogP contribution in [-0.2, 0) is 16.0 Å². The van der Waals surface area contributed by atoms with Crippen molar-refractivity contribution in [1.29, 1.82) is 0 Å². The molecule has 0 unspecified atom stereocenters. The van der Waals surface area contributed by atoms with E-state index >= 15 is 0 Å². The van der Waals surface area contributed by atoms with E-state index in [4.69, 9.17) is 4.74 Å². The number of ether oxygens (including phenoxy) is 1. The van der Waals surface area contributed by atoms with Gasteiger partial charge in [-0.05, 0) is 50.3 Å². The smallest absolute Gasteiger partial charge is 0.409 e. The number of benzene rings is 1. The molecule has 6 heteroatoms. The molecule has 2 aliphatic rings. The van der Waals surface area contributed by atoms with Crippen molar-refractivity contribution in [1.82, 2.24) is 15.2 Å². The Hall–Kier alpha value is -2.50. The van der Waals surface area contributed by atoms with Crippen LogP contribution >= 0.6 is 0 Å². The minimum absolute atomic E-state index is 0.0413. The van der Waals surface area contributed by atoms with E-state index in [-0.39, 0.29) is 17.9 Å². The number of H-pyrrole nitrogens is 1. The Morgan fingerprint density at radius 3 is 3.12 bits per heavy atom. The van der Waals surface area contributed by atoms with Gasteiger partial charge < -0.3 is 19.9 Å². The molecule has 0 spiro atoms. The van der Waals surface area contributed by atoms with Crippen molar-refractivity contribution < 1.29 is 14.3 Å². The van der Waals surface area contributed by atoms with Gasteiger partial charge in [-0.1, -0.05) is 11.6 Å². The van der Waals surface area contributed by atoms with Gasteiger partial charge in [0.2, 0.25) is 5.91 Å². The van der Waals surface area contributed by atoms with Crippen LogP contribution in [0.5, 0.6) is 0 Å². The second kappa shape index (κ2) is 7.02. The summed E-state index contributed by atoms with van der Waals surface area (Å²) in [5.74, 6) is -0.0978. The molecule has 1 atom stereocenters. The van der Waals surface area contributed by atoms with Gasteiger partial charge in [0.05, 0.1) is 12.5 Å². The molecule has 2 aromatic rings. The van der Waals surface area contributed by atoms with Crippen molar-refractivity contribution in [2.45, 2.75) is 38.5 Å². The molecule has 1 aromatic heterocycles. The van der Waals surface area contributed by atoms with Crippen molar-refractivity contribution in [3.8, 4) is 0 Å². The van der Waals surface area contributed by atoms with E-state index in [1.165, 1.54) is 16.5 Å². The summed E-state index contributed by atoms with van der Waals surface area (Å²) in [6.07, 6.45) is 3.46. The Labute approximate surface area is 152 Å². The normalized spacial score (nSPS) is 20.0. The third-order valence-electron chi connectivity index (χ3n) is 5.42. The number of aromatic amines is 1. The molecule has 0 radical (unpaired) electrons. The molecule has 1 aliphatic heterocycles. The van der Waals surface area contributed by atoms with E-state index in [0.717, 1.165) is 36.9 Å². The molecule has 138 valence electrons. The Balaban J connectivity index is 1.44. The van der Waals surface area contributed by atoms with Gasteiger partial charge in [0.25, 0.3) is 0 Å². The predicted octanol–water partition coefficient (Wildman–Crippen LogP) is 2.85. The molecule has 2 heterocycles. The highest BCUT2D eigenvalue weighted by Gasteiger charge is 2.29. The average molecular weight is 355 g/mol. The third-order valence-corrected chi connectivity index (χ3v) is 5.42. The maximum Gasteiger partial charge on any atom is 0.409 e. The quantitative estimate of drug-likeness (QED) is 0.886. The summed E-state index contributed by atoms with van der Waals surface area (Å²) >= 11 is 0. The monoisotopic (exact) mass is 355 g/mol. The number of hydrogen-bond donors (Lipinski definition) is 2. The Morgan fingerprint density at radius 1 is 1.38 bits per heavy atom. The molecule has 1 aliphatic carbocycles. The first-order valence-electron chi connectivity index (χ1n) is 9.44. The molecule has 2 amide bonds. The maximum absolute atomic E-state index is 12.8. The second-order valence-electron chi connectivity index (χ2n) is 7.26. The summed E-state index contributed by atoms with van der Waals surface area (Å²) in [6.45, 7) is 4.24. The summed E-state index contributed by atoms with van der Waals surface area (Å²) in [4.78, 5) is 29.5. The van der Waals surface area contributed by atoms with Gasteiger partial charge in [0, 0.05) is 36.2 Å². The van der Waals surface area contributed by atoms with Crippen LogP contribution < -0.4 is 5.32 Å². The third kappa shape index (κ3) is 3.16. The van der Waals surface area contributed by atoms with Crippen molar-refractivity contribution in [3.05, 3.63) is 35.0 Å². The molecule has 4 rings (SSSR count). The van der Waals surface area contributed by atoms with Crippen molar-refractivity contribution in [3.63, 3.8) is 0 Å². The van der Waals surface area contributed by atoms with Crippen LogP contribution in [0.25, 0.3) is 10.9 Å². The van der Waals surface area contributed by atoms with Crippen molar-refractivity contribution in [2.24, 2.45) is 0 Å². The molecule has 2 N–H and O–H groups in total. The van der Waals surface area contributed by atoms with Gasteiger partial charge in [0.1, 0.15) is 0 Å². The average Bonchev–Trinajstić information content (AvgIpc) is 3.01. The van der Waals surface area contributed by atoms with Gasteiger partial charge in [-0.3, -0.25) is 4.79 Å². The van der Waals surface area contributed by atoms with Crippen LogP contribution in [0, 0.1) is 6.92 Å². The number of rotatable bonds is 4. The zero-order chi connectivity index (χ0) is 18.1. The molecular weight excluding hydrogens is 330 g/mol. The standard InChI is InChI=1S/C20H25N3O3/c1-13-6-7-17-16(12-13)14-4-2-5-15(18(14)22-17)19(24)21-8-10-23-9-3-11-26-20(23)25/h6-7,12,15,22H,2-5,8-11H2,1H3,(H,21,24)/t15-/m1/s1. The van der Waals surface area contributed by atoms with Crippen molar-refractivity contribution >= 4 is 22.9 Å². The fourth-order valence-electron chi connectivity index (χ4n) is 4.08. The predicted molar refractivity (Wildman–Crippen MR) is 99.3 cm³/mol. The summed E-state index contributed by atoms with van der Waals surface area (Å²) in [5, 5.41) is 4.25. The van der Waals surface area contributed by atoms with Crippen LogP contribution in [0.4, 0.5) is 4.79 Å². The molecule has 1 fully saturated rings. The lowest BCUT2D eigenvalue weighted by atomic mass is 9.86. The van der Waals surface area contributed by atoms with E-state index < -0.39 is 0 Å². The van der Waals surface area contributed by atoms with E-state index in [1.54, 1.807) is 4.90 Å². The topological polar surface area (TPSA) is 74.4 Å². The summed E-state index contributed by atoms with van der Waals surface area (Å²) in [5.41, 5.74) is 4.69. The highest BCUT2D eigenvalue weighted by atomic mass is 16.6. The van der Waals surface area contributed by atoms with Crippen molar-refractivity contribution in [2.75, 3.05) is 26.2 Å². The van der Waals surface area contributed by atoms with Crippen LogP contribution in [-0.4, -0.2) is 48.1 Å². The largest absolute Gasteiger partial charge is 0.449 e. The van der Waals surface area contributed by atoms with Crippen LogP contribution in [0.2, 0.25) is 0 Å². The van der Waals surface area contributed by atoms with E-state index in [2.05, 4.69) is 35.4 Å². The minimum atomic E-state index is -0.281. The lowest BCUT2D eigenvalue weighted by Gasteiger charge is -2.27. The minimum Gasteiger partial charge on any atom is -0.449 e. The van der Waals surface area contributed by atoms with Crippen LogP contribution in [0.1, 0.15) is 42.0 Å². The zero-order valence-corrected chi connectivity index (χ0v) is 15.1. The number of aromatic nitrogens is 1. The van der Waals surface area contributed by atoms with E-state index in [0.29, 0.717) is 26.2 Å². The van der Waals surface area contributed by atoms with Gasteiger partial charge in [0.15, 0.2) is 0 Å². The Morgan fingerprint density at radius 2 is 2.27 bits per heavy atom. The molecular formula is C20H25N3O3. The van der Waals surface area contributed by atoms with Gasteiger partial charge in [-0.15, -0.1) is 0 Å². The van der Waals surface area contributed by atoms with E-state index in [9.17, 15) is 9.59 Å². The molecule has 26 heavy (non-hydrogen) atoms. The first-order chi connectivity index (χ1) is 12.6. The SMILES string of the molecule is Cc1ccc2[nH]c3c(c2c1)CCC[C@H]3C(=O)NCCN1CCCOC1=O. The number of cyclic esters (lactones) is 1. The molecule has 0 bridgehead atoms. The lowest BCUT2D eigenvalue weighted by Crippen LogP contribution is -2.43. The molecule has 0 saturated carbocycles. The fraction of sp³-hybridized carbons (Fsp3) is 0.500. The van der Waals surface area contributed by atoms with Gasteiger partial charge >= 0.3 is 6.09 Å².